The molecular weight excluding hydrogens is 427 g/mol. The van der Waals surface area contributed by atoms with Gasteiger partial charge < -0.3 is 15.2 Å². The molecule has 0 aliphatic heterocycles. The maximum atomic E-state index is 12.2. The SMILES string of the molecule is COC(=O)c1cccc(NC(=O)Nc2nnc(-c3cc(Cl)cc(Cl)c3O)s2)c1. The van der Waals surface area contributed by atoms with Crippen molar-refractivity contribution >= 4 is 57.4 Å². The van der Waals surface area contributed by atoms with E-state index in [-0.39, 0.29) is 15.9 Å². The number of urea groups is 1. The maximum absolute atomic E-state index is 12.2. The predicted molar refractivity (Wildman–Crippen MR) is 107 cm³/mol. The fraction of sp³-hybridized carbons (Fsp3) is 0.0588. The van der Waals surface area contributed by atoms with Crippen LogP contribution < -0.4 is 10.6 Å². The first kappa shape index (κ1) is 19.9. The van der Waals surface area contributed by atoms with Crippen LogP contribution in [0.3, 0.4) is 0 Å². The summed E-state index contributed by atoms with van der Waals surface area (Å²) < 4.78 is 4.64. The molecule has 3 aromatic rings. The number of anilines is 2. The van der Waals surface area contributed by atoms with Gasteiger partial charge >= 0.3 is 12.0 Å². The van der Waals surface area contributed by atoms with E-state index in [2.05, 4.69) is 25.6 Å². The van der Waals surface area contributed by atoms with E-state index in [0.29, 0.717) is 26.8 Å². The largest absolute Gasteiger partial charge is 0.506 e. The van der Waals surface area contributed by atoms with Crippen molar-refractivity contribution < 1.29 is 19.4 Å². The number of carbonyl (C=O) groups is 2. The summed E-state index contributed by atoms with van der Waals surface area (Å²) in [7, 11) is 1.27. The van der Waals surface area contributed by atoms with Crippen molar-refractivity contribution in [3.63, 3.8) is 0 Å². The Morgan fingerprint density at radius 2 is 1.93 bits per heavy atom. The summed E-state index contributed by atoms with van der Waals surface area (Å²) in [4.78, 5) is 23.7. The minimum Gasteiger partial charge on any atom is -0.506 e. The van der Waals surface area contributed by atoms with Crippen LogP contribution in [-0.2, 0) is 4.74 Å². The van der Waals surface area contributed by atoms with Crippen molar-refractivity contribution in [3.05, 3.63) is 52.0 Å². The van der Waals surface area contributed by atoms with Gasteiger partial charge in [-0.2, -0.15) is 0 Å². The number of carbonyl (C=O) groups excluding carboxylic acids is 2. The number of methoxy groups -OCH3 is 1. The Kier molecular flexibility index (Phi) is 5.98. The van der Waals surface area contributed by atoms with Crippen molar-refractivity contribution in [2.75, 3.05) is 17.7 Å². The topological polar surface area (TPSA) is 113 Å². The summed E-state index contributed by atoms with van der Waals surface area (Å²) >= 11 is 12.9. The average Bonchev–Trinajstić information content (AvgIpc) is 3.12. The summed E-state index contributed by atoms with van der Waals surface area (Å²) in [6, 6.07) is 8.57. The Morgan fingerprint density at radius 3 is 2.68 bits per heavy atom. The number of phenolic OH excluding ortho intramolecular Hbond substituents is 1. The number of nitrogens with one attached hydrogen (secondary N) is 2. The number of hydrogen-bond donors (Lipinski definition) is 3. The second-order valence-electron chi connectivity index (χ2n) is 5.35. The van der Waals surface area contributed by atoms with Crippen LogP contribution in [0.2, 0.25) is 10.0 Å². The molecule has 3 rings (SSSR count). The molecule has 2 amide bonds. The molecule has 0 saturated carbocycles. The molecule has 0 radical (unpaired) electrons. The minimum atomic E-state index is -0.585. The predicted octanol–water partition coefficient (Wildman–Crippen LogP) is 4.65. The van der Waals surface area contributed by atoms with Gasteiger partial charge in [0.15, 0.2) is 5.01 Å². The number of halogens is 2. The number of ether oxygens (including phenoxy) is 1. The number of amides is 2. The second kappa shape index (κ2) is 8.42. The molecule has 0 fully saturated rings. The van der Waals surface area contributed by atoms with Gasteiger partial charge in [-0.1, -0.05) is 40.6 Å². The number of benzene rings is 2. The van der Waals surface area contributed by atoms with Crippen LogP contribution in [0, 0.1) is 0 Å². The number of phenols is 1. The van der Waals surface area contributed by atoms with E-state index < -0.39 is 12.0 Å². The quantitative estimate of drug-likeness (QED) is 0.510. The molecule has 0 spiro atoms. The molecule has 0 atom stereocenters. The molecule has 1 aromatic heterocycles. The molecule has 1 heterocycles. The van der Waals surface area contributed by atoms with E-state index >= 15 is 0 Å². The van der Waals surface area contributed by atoms with Gasteiger partial charge in [-0.25, -0.2) is 9.59 Å². The van der Waals surface area contributed by atoms with E-state index in [1.165, 1.54) is 25.3 Å². The number of aromatic hydroxyl groups is 1. The number of hydrogen-bond acceptors (Lipinski definition) is 7. The molecule has 0 aliphatic carbocycles. The lowest BCUT2D eigenvalue weighted by Gasteiger charge is -2.06. The lowest BCUT2D eigenvalue weighted by Crippen LogP contribution is -2.19. The summed E-state index contributed by atoms with van der Waals surface area (Å²) in [5, 5.41) is 23.9. The highest BCUT2D eigenvalue weighted by atomic mass is 35.5. The molecule has 0 aliphatic rings. The van der Waals surface area contributed by atoms with Crippen molar-refractivity contribution in [1.82, 2.24) is 10.2 Å². The van der Waals surface area contributed by atoms with Gasteiger partial charge in [-0.05, 0) is 30.3 Å². The first-order valence-electron chi connectivity index (χ1n) is 7.65. The van der Waals surface area contributed by atoms with Crippen LogP contribution in [0.15, 0.2) is 36.4 Å². The Bertz CT molecular complexity index is 1060. The number of nitrogens with zero attached hydrogens (tertiary/aromatic N) is 2. The van der Waals surface area contributed by atoms with E-state index in [0.717, 1.165) is 11.3 Å². The van der Waals surface area contributed by atoms with Crippen LogP contribution in [0.4, 0.5) is 15.6 Å². The van der Waals surface area contributed by atoms with Gasteiger partial charge in [0.05, 0.1) is 23.3 Å². The standard InChI is InChI=1S/C17H12Cl2N4O4S/c1-27-15(25)8-3-2-4-10(5-8)20-16(26)21-17-23-22-14(28-17)11-6-9(18)7-12(19)13(11)24/h2-7,24H,1H3,(H2,20,21,23,26). The summed E-state index contributed by atoms with van der Waals surface area (Å²) in [5.74, 6) is -0.698. The molecule has 0 bridgehead atoms. The lowest BCUT2D eigenvalue weighted by molar-refractivity contribution is 0.0600. The fourth-order valence-corrected chi connectivity index (χ4v) is 3.46. The van der Waals surface area contributed by atoms with Crippen LogP contribution in [0.1, 0.15) is 10.4 Å². The van der Waals surface area contributed by atoms with Crippen molar-refractivity contribution in [2.45, 2.75) is 0 Å². The van der Waals surface area contributed by atoms with Gasteiger partial charge in [-0.3, -0.25) is 5.32 Å². The average molecular weight is 439 g/mol. The molecule has 0 unspecified atom stereocenters. The van der Waals surface area contributed by atoms with Crippen molar-refractivity contribution in [1.29, 1.82) is 0 Å². The second-order valence-corrected chi connectivity index (χ2v) is 7.17. The molecule has 3 N–H and O–H groups in total. The molecule has 11 heteroatoms. The minimum absolute atomic E-state index is 0.0791. The zero-order valence-electron chi connectivity index (χ0n) is 14.2. The highest BCUT2D eigenvalue weighted by molar-refractivity contribution is 7.18. The van der Waals surface area contributed by atoms with Crippen LogP contribution >= 0.6 is 34.5 Å². The van der Waals surface area contributed by atoms with Crippen molar-refractivity contribution in [2.24, 2.45) is 0 Å². The van der Waals surface area contributed by atoms with Gasteiger partial charge in [0.1, 0.15) is 5.75 Å². The van der Waals surface area contributed by atoms with Crippen LogP contribution in [0.5, 0.6) is 5.75 Å². The first-order chi connectivity index (χ1) is 13.4. The third-order valence-electron chi connectivity index (χ3n) is 3.45. The van der Waals surface area contributed by atoms with Gasteiger partial charge in [0.25, 0.3) is 0 Å². The lowest BCUT2D eigenvalue weighted by atomic mass is 10.2. The number of esters is 1. The first-order valence-corrected chi connectivity index (χ1v) is 9.23. The summed E-state index contributed by atoms with van der Waals surface area (Å²) in [6.07, 6.45) is 0. The maximum Gasteiger partial charge on any atom is 0.337 e. The number of aromatic nitrogens is 2. The van der Waals surface area contributed by atoms with Crippen molar-refractivity contribution in [3.8, 4) is 16.3 Å². The van der Waals surface area contributed by atoms with Crippen LogP contribution in [0.25, 0.3) is 10.6 Å². The third kappa shape index (κ3) is 4.50. The zero-order valence-corrected chi connectivity index (χ0v) is 16.5. The van der Waals surface area contributed by atoms with Gasteiger partial charge in [0, 0.05) is 10.7 Å². The fourth-order valence-electron chi connectivity index (χ4n) is 2.21. The molecule has 28 heavy (non-hydrogen) atoms. The highest BCUT2D eigenvalue weighted by Crippen LogP contribution is 2.39. The van der Waals surface area contributed by atoms with E-state index in [4.69, 9.17) is 23.2 Å². The smallest absolute Gasteiger partial charge is 0.337 e. The molecule has 8 nitrogen and oxygen atoms in total. The molecule has 144 valence electrons. The van der Waals surface area contributed by atoms with E-state index in [1.807, 2.05) is 0 Å². The Labute approximate surface area is 173 Å². The molecular formula is C17H12Cl2N4O4S. The summed E-state index contributed by atoms with van der Waals surface area (Å²) in [5.41, 5.74) is 0.991. The normalized spacial score (nSPS) is 10.4. The monoisotopic (exact) mass is 438 g/mol. The number of rotatable bonds is 4. The zero-order chi connectivity index (χ0) is 20.3. The molecule has 0 saturated heterocycles. The van der Waals surface area contributed by atoms with Crippen LogP contribution in [-0.4, -0.2) is 34.4 Å². The highest BCUT2D eigenvalue weighted by Gasteiger charge is 2.16. The Balaban J connectivity index is 1.72. The van der Waals surface area contributed by atoms with Gasteiger partial charge in [-0.15, -0.1) is 10.2 Å². The Morgan fingerprint density at radius 1 is 1.14 bits per heavy atom. The van der Waals surface area contributed by atoms with E-state index in [1.54, 1.807) is 18.2 Å². The Hall–Kier alpha value is -2.88. The van der Waals surface area contributed by atoms with E-state index in [9.17, 15) is 14.7 Å². The molecule has 2 aromatic carbocycles. The third-order valence-corrected chi connectivity index (χ3v) is 4.82. The van der Waals surface area contributed by atoms with Gasteiger partial charge in [0.2, 0.25) is 5.13 Å². The summed E-state index contributed by atoms with van der Waals surface area (Å²) in [6.45, 7) is 0.